The van der Waals surface area contributed by atoms with Crippen molar-refractivity contribution in [3.05, 3.63) is 23.3 Å². The normalized spacial score (nSPS) is 14.4. The molecule has 1 unspecified atom stereocenters. The van der Waals surface area contributed by atoms with Crippen molar-refractivity contribution in [2.45, 2.75) is 52.5 Å². The van der Waals surface area contributed by atoms with Crippen molar-refractivity contribution in [3.63, 3.8) is 0 Å². The molecule has 0 heterocycles. The van der Waals surface area contributed by atoms with Crippen LogP contribution in [0.15, 0.2) is 17.0 Å². The van der Waals surface area contributed by atoms with Gasteiger partial charge in [0.25, 0.3) is 0 Å². The summed E-state index contributed by atoms with van der Waals surface area (Å²) in [5, 5.41) is 0. The average molecular weight is 284 g/mol. The molecule has 0 spiro atoms. The van der Waals surface area contributed by atoms with Crippen LogP contribution in [0.25, 0.3) is 0 Å². The molecule has 0 radical (unpaired) electrons. The fraction of sp³-hybridized carbons (Fsp3) is 0.571. The van der Waals surface area contributed by atoms with Crippen LogP contribution in [0.2, 0.25) is 0 Å². The highest BCUT2D eigenvalue weighted by Crippen LogP contribution is 2.24. The van der Waals surface area contributed by atoms with E-state index >= 15 is 0 Å². The maximum Gasteiger partial charge on any atom is 0.240 e. The molecule has 0 saturated heterocycles. The highest BCUT2D eigenvalue weighted by molar-refractivity contribution is 7.89. The number of aryl methyl sites for hydroxylation is 1. The minimum Gasteiger partial charge on any atom is -0.398 e. The summed E-state index contributed by atoms with van der Waals surface area (Å²) >= 11 is 0. The van der Waals surface area contributed by atoms with Crippen molar-refractivity contribution in [2.75, 3.05) is 5.73 Å². The zero-order valence-corrected chi connectivity index (χ0v) is 13.4. The molecule has 1 rings (SSSR count). The van der Waals surface area contributed by atoms with Crippen LogP contribution in [-0.4, -0.2) is 14.5 Å². The monoisotopic (exact) mass is 284 g/mol. The Morgan fingerprint density at radius 1 is 1.21 bits per heavy atom. The van der Waals surface area contributed by atoms with Crippen LogP contribution >= 0.6 is 0 Å². The van der Waals surface area contributed by atoms with Crippen molar-refractivity contribution >= 4 is 15.7 Å². The van der Waals surface area contributed by atoms with Gasteiger partial charge in [0.05, 0.1) is 4.90 Å². The van der Waals surface area contributed by atoms with Crippen molar-refractivity contribution in [3.8, 4) is 0 Å². The molecule has 1 aromatic rings. The lowest BCUT2D eigenvalue weighted by Gasteiger charge is -2.28. The number of nitrogen functional groups attached to an aromatic ring is 1. The Bertz CT molecular complexity index is 549. The summed E-state index contributed by atoms with van der Waals surface area (Å²) in [6, 6.07) is 3.00. The zero-order valence-electron chi connectivity index (χ0n) is 12.5. The van der Waals surface area contributed by atoms with Gasteiger partial charge in [0.2, 0.25) is 10.0 Å². The van der Waals surface area contributed by atoms with E-state index in [0.29, 0.717) is 5.69 Å². The summed E-state index contributed by atoms with van der Waals surface area (Å²) in [6.45, 7) is 11.6. The molecule has 1 atom stereocenters. The average Bonchev–Trinajstić information content (AvgIpc) is 2.23. The zero-order chi connectivity index (χ0) is 15.0. The predicted octanol–water partition coefficient (Wildman–Crippen LogP) is 2.60. The Morgan fingerprint density at radius 3 is 2.16 bits per heavy atom. The summed E-state index contributed by atoms with van der Waals surface area (Å²) in [7, 11) is -3.53. The molecule has 0 aliphatic heterocycles. The Morgan fingerprint density at radius 2 is 1.74 bits per heavy atom. The number of rotatable bonds is 3. The third-order valence-corrected chi connectivity index (χ3v) is 5.14. The number of nitrogens with one attached hydrogen (secondary N) is 1. The summed E-state index contributed by atoms with van der Waals surface area (Å²) in [5.74, 6) is 0. The van der Waals surface area contributed by atoms with E-state index in [1.807, 2.05) is 41.5 Å². The van der Waals surface area contributed by atoms with E-state index in [2.05, 4.69) is 4.72 Å². The van der Waals surface area contributed by atoms with Crippen LogP contribution in [0.5, 0.6) is 0 Å². The highest BCUT2D eigenvalue weighted by Gasteiger charge is 2.26. The molecule has 0 amide bonds. The molecule has 0 bridgehead atoms. The lowest BCUT2D eigenvalue weighted by atomic mass is 9.89. The molecular weight excluding hydrogens is 260 g/mol. The Labute approximate surface area is 116 Å². The van der Waals surface area contributed by atoms with Crippen molar-refractivity contribution in [1.29, 1.82) is 0 Å². The Hall–Kier alpha value is -1.07. The second kappa shape index (κ2) is 5.13. The number of hydrogen-bond donors (Lipinski definition) is 2. The van der Waals surface area contributed by atoms with E-state index < -0.39 is 10.0 Å². The van der Waals surface area contributed by atoms with E-state index in [-0.39, 0.29) is 16.4 Å². The van der Waals surface area contributed by atoms with Gasteiger partial charge < -0.3 is 5.73 Å². The summed E-state index contributed by atoms with van der Waals surface area (Å²) in [4.78, 5) is 0.226. The first-order chi connectivity index (χ1) is 8.45. The second-order valence-corrected chi connectivity index (χ2v) is 7.88. The first-order valence-corrected chi connectivity index (χ1v) is 7.82. The number of sulfonamides is 1. The van der Waals surface area contributed by atoms with Crippen LogP contribution in [0.3, 0.4) is 0 Å². The molecule has 19 heavy (non-hydrogen) atoms. The predicted molar refractivity (Wildman–Crippen MR) is 79.6 cm³/mol. The van der Waals surface area contributed by atoms with E-state index in [0.717, 1.165) is 11.1 Å². The largest absolute Gasteiger partial charge is 0.398 e. The third-order valence-electron chi connectivity index (χ3n) is 3.62. The van der Waals surface area contributed by atoms with Gasteiger partial charge in [-0.1, -0.05) is 20.8 Å². The lowest BCUT2D eigenvalue weighted by molar-refractivity contribution is 0.317. The molecule has 5 heteroatoms. The summed E-state index contributed by atoms with van der Waals surface area (Å²) in [5.41, 5.74) is 8.00. The number of anilines is 1. The van der Waals surface area contributed by atoms with Gasteiger partial charge in [0.15, 0.2) is 0 Å². The maximum absolute atomic E-state index is 12.3. The number of benzene rings is 1. The number of hydrogen-bond acceptors (Lipinski definition) is 3. The molecule has 3 N–H and O–H groups in total. The topological polar surface area (TPSA) is 72.2 Å². The molecule has 1 aromatic carbocycles. The van der Waals surface area contributed by atoms with Gasteiger partial charge in [-0.15, -0.1) is 0 Å². The summed E-state index contributed by atoms with van der Waals surface area (Å²) in [6.07, 6.45) is 0. The van der Waals surface area contributed by atoms with Crippen LogP contribution in [0.4, 0.5) is 5.69 Å². The first-order valence-electron chi connectivity index (χ1n) is 6.34. The first kappa shape index (κ1) is 16.0. The summed E-state index contributed by atoms with van der Waals surface area (Å²) < 4.78 is 27.4. The quantitative estimate of drug-likeness (QED) is 0.838. The third kappa shape index (κ3) is 3.70. The fourth-order valence-electron chi connectivity index (χ4n) is 1.49. The van der Waals surface area contributed by atoms with Crippen LogP contribution < -0.4 is 10.5 Å². The van der Waals surface area contributed by atoms with E-state index in [1.54, 1.807) is 6.07 Å². The van der Waals surface area contributed by atoms with Crippen LogP contribution in [0, 0.1) is 19.3 Å². The Kier molecular flexibility index (Phi) is 4.32. The van der Waals surface area contributed by atoms with Gasteiger partial charge in [0, 0.05) is 11.7 Å². The molecule has 0 fully saturated rings. The molecular formula is C14H24N2O2S. The van der Waals surface area contributed by atoms with Gasteiger partial charge in [-0.2, -0.15) is 0 Å². The van der Waals surface area contributed by atoms with E-state index in [1.165, 1.54) is 6.07 Å². The smallest absolute Gasteiger partial charge is 0.240 e. The van der Waals surface area contributed by atoms with E-state index in [9.17, 15) is 8.42 Å². The van der Waals surface area contributed by atoms with Crippen molar-refractivity contribution < 1.29 is 8.42 Å². The van der Waals surface area contributed by atoms with E-state index in [4.69, 9.17) is 5.73 Å². The molecule has 0 aliphatic rings. The van der Waals surface area contributed by atoms with Gasteiger partial charge in [-0.25, -0.2) is 13.1 Å². The molecule has 0 saturated carbocycles. The molecule has 4 nitrogen and oxygen atoms in total. The highest BCUT2D eigenvalue weighted by atomic mass is 32.2. The lowest BCUT2D eigenvalue weighted by Crippen LogP contribution is -2.41. The second-order valence-electron chi connectivity index (χ2n) is 6.16. The Balaban J connectivity index is 3.15. The molecule has 108 valence electrons. The van der Waals surface area contributed by atoms with Crippen molar-refractivity contribution in [1.82, 2.24) is 4.72 Å². The van der Waals surface area contributed by atoms with Gasteiger partial charge in [-0.05, 0) is 49.4 Å². The minimum absolute atomic E-state index is 0.141. The van der Waals surface area contributed by atoms with Crippen LogP contribution in [-0.2, 0) is 10.0 Å². The van der Waals surface area contributed by atoms with Gasteiger partial charge in [0.1, 0.15) is 0 Å². The standard InChI is InChI=1S/C14H24N2O2S/c1-9-7-12(8-13(15)10(9)2)19(17,18)16-11(3)14(4,5)6/h7-8,11,16H,15H2,1-6H3. The van der Waals surface area contributed by atoms with Gasteiger partial charge >= 0.3 is 0 Å². The maximum atomic E-state index is 12.3. The van der Waals surface area contributed by atoms with Crippen LogP contribution in [0.1, 0.15) is 38.8 Å². The molecule has 0 aliphatic carbocycles. The van der Waals surface area contributed by atoms with Gasteiger partial charge in [-0.3, -0.25) is 0 Å². The number of nitrogens with two attached hydrogens (primary N) is 1. The molecule has 0 aromatic heterocycles. The SMILES string of the molecule is Cc1cc(S(=O)(=O)NC(C)C(C)(C)C)cc(N)c1C. The minimum atomic E-state index is -3.53. The van der Waals surface area contributed by atoms with Crippen molar-refractivity contribution in [2.24, 2.45) is 5.41 Å². The fourth-order valence-corrected chi connectivity index (χ4v) is 3.05.